The highest BCUT2D eigenvalue weighted by Gasteiger charge is 2.33. The molecule has 0 aliphatic carbocycles. The minimum Gasteiger partial charge on any atom is -0.378 e. The van der Waals surface area contributed by atoms with Gasteiger partial charge in [-0.2, -0.15) is 0 Å². The van der Waals surface area contributed by atoms with Crippen molar-refractivity contribution in [1.29, 1.82) is 0 Å². The number of pyridine rings is 1. The zero-order chi connectivity index (χ0) is 13.4. The van der Waals surface area contributed by atoms with Crippen LogP contribution in [0.15, 0.2) is 12.3 Å². The fourth-order valence-electron chi connectivity index (χ4n) is 2.57. The first-order chi connectivity index (χ1) is 9.15. The highest BCUT2D eigenvalue weighted by Crippen LogP contribution is 2.25. The monoisotopic (exact) mass is 261 g/mol. The van der Waals surface area contributed by atoms with Crippen molar-refractivity contribution in [2.45, 2.75) is 32.4 Å². The van der Waals surface area contributed by atoms with E-state index in [0.717, 1.165) is 18.7 Å². The average Bonchev–Trinajstić information content (AvgIpc) is 2.54. The van der Waals surface area contributed by atoms with Crippen molar-refractivity contribution < 1.29 is 9.53 Å². The average molecular weight is 261 g/mol. The standard InChI is InChI=1S/C14H19N3O2/c1-9(2)10-5-11-7-17-3-4-19-8-12(17)14(18)16-13(11)15-6-10/h5-6,9,12H,3-4,7-8H2,1-2H3,(H,15,16,18). The normalized spacial score (nSPS) is 23.5. The second kappa shape index (κ2) is 4.90. The molecule has 0 bridgehead atoms. The molecule has 0 saturated carbocycles. The van der Waals surface area contributed by atoms with Crippen molar-refractivity contribution in [1.82, 2.24) is 9.88 Å². The molecule has 2 aliphatic rings. The number of rotatable bonds is 1. The largest absolute Gasteiger partial charge is 0.378 e. The van der Waals surface area contributed by atoms with E-state index in [4.69, 9.17) is 4.74 Å². The van der Waals surface area contributed by atoms with E-state index >= 15 is 0 Å². The molecule has 0 aromatic carbocycles. The maximum atomic E-state index is 12.2. The first kappa shape index (κ1) is 12.6. The zero-order valence-electron chi connectivity index (χ0n) is 11.3. The van der Waals surface area contributed by atoms with Gasteiger partial charge in [-0.1, -0.05) is 13.8 Å². The number of nitrogens with zero attached hydrogens (tertiary/aromatic N) is 2. The number of fused-ring (bicyclic) bond motifs is 2. The third-order valence-electron chi connectivity index (χ3n) is 3.81. The van der Waals surface area contributed by atoms with Crippen LogP contribution in [0.25, 0.3) is 0 Å². The predicted octanol–water partition coefficient (Wildman–Crippen LogP) is 1.36. The molecule has 5 heteroatoms. The lowest BCUT2D eigenvalue weighted by Crippen LogP contribution is -2.49. The second-order valence-corrected chi connectivity index (χ2v) is 5.48. The highest BCUT2D eigenvalue weighted by molar-refractivity contribution is 5.95. The van der Waals surface area contributed by atoms with Gasteiger partial charge in [0.05, 0.1) is 13.2 Å². The molecule has 3 heterocycles. The van der Waals surface area contributed by atoms with E-state index in [1.54, 1.807) is 0 Å². The molecule has 0 spiro atoms. The lowest BCUT2D eigenvalue weighted by molar-refractivity contribution is -0.127. The number of carbonyl (C=O) groups excluding carboxylic acids is 1. The summed E-state index contributed by atoms with van der Waals surface area (Å²) in [5.74, 6) is 1.13. The van der Waals surface area contributed by atoms with Crippen LogP contribution in [0.4, 0.5) is 5.82 Å². The Labute approximate surface area is 113 Å². The van der Waals surface area contributed by atoms with Crippen LogP contribution in [-0.2, 0) is 16.1 Å². The number of aromatic nitrogens is 1. The van der Waals surface area contributed by atoms with E-state index in [9.17, 15) is 4.79 Å². The number of morpholine rings is 1. The van der Waals surface area contributed by atoms with Gasteiger partial charge in [0, 0.05) is 24.8 Å². The van der Waals surface area contributed by atoms with E-state index in [2.05, 4.69) is 35.1 Å². The zero-order valence-corrected chi connectivity index (χ0v) is 11.3. The minimum absolute atomic E-state index is 0.0109. The quantitative estimate of drug-likeness (QED) is 0.829. The Morgan fingerprint density at radius 2 is 2.37 bits per heavy atom. The van der Waals surface area contributed by atoms with E-state index in [-0.39, 0.29) is 11.9 Å². The van der Waals surface area contributed by atoms with Gasteiger partial charge in [0.1, 0.15) is 11.9 Å². The lowest BCUT2D eigenvalue weighted by Gasteiger charge is -2.32. The van der Waals surface area contributed by atoms with Gasteiger partial charge in [-0.15, -0.1) is 0 Å². The summed E-state index contributed by atoms with van der Waals surface area (Å²) >= 11 is 0. The number of amides is 1. The molecule has 1 unspecified atom stereocenters. The SMILES string of the molecule is CC(C)c1cnc2c(c1)CN1CCOCC1C(=O)N2. The maximum absolute atomic E-state index is 12.2. The van der Waals surface area contributed by atoms with E-state index < -0.39 is 0 Å². The number of hydrogen-bond donors (Lipinski definition) is 1. The van der Waals surface area contributed by atoms with Crippen molar-refractivity contribution in [3.05, 3.63) is 23.4 Å². The molecule has 0 radical (unpaired) electrons. The Kier molecular flexibility index (Phi) is 3.24. The van der Waals surface area contributed by atoms with Gasteiger partial charge in [-0.05, 0) is 17.5 Å². The van der Waals surface area contributed by atoms with Crippen molar-refractivity contribution in [2.75, 3.05) is 25.1 Å². The molecule has 3 rings (SSSR count). The van der Waals surface area contributed by atoms with Crippen LogP contribution in [0.3, 0.4) is 0 Å². The molecule has 1 amide bonds. The fraction of sp³-hybridized carbons (Fsp3) is 0.571. The second-order valence-electron chi connectivity index (χ2n) is 5.48. The number of nitrogens with one attached hydrogen (secondary N) is 1. The summed E-state index contributed by atoms with van der Waals surface area (Å²) in [6.07, 6.45) is 1.85. The van der Waals surface area contributed by atoms with Crippen LogP contribution in [-0.4, -0.2) is 41.6 Å². The van der Waals surface area contributed by atoms with Crippen molar-refractivity contribution >= 4 is 11.7 Å². The molecule has 1 saturated heterocycles. The number of carbonyl (C=O) groups is 1. The Bertz CT molecular complexity index is 501. The molecule has 1 aromatic heterocycles. The van der Waals surface area contributed by atoms with E-state index in [1.165, 1.54) is 5.56 Å². The highest BCUT2D eigenvalue weighted by atomic mass is 16.5. The molecule has 102 valence electrons. The topological polar surface area (TPSA) is 54.5 Å². The van der Waals surface area contributed by atoms with Crippen LogP contribution in [0.1, 0.15) is 30.9 Å². The van der Waals surface area contributed by atoms with Gasteiger partial charge in [0.15, 0.2) is 0 Å². The molecule has 2 aliphatic heterocycles. The van der Waals surface area contributed by atoms with Gasteiger partial charge >= 0.3 is 0 Å². The van der Waals surface area contributed by atoms with Crippen LogP contribution in [0, 0.1) is 0 Å². The van der Waals surface area contributed by atoms with Crippen LogP contribution in [0.5, 0.6) is 0 Å². The summed E-state index contributed by atoms with van der Waals surface area (Å²) in [4.78, 5) is 18.7. The smallest absolute Gasteiger partial charge is 0.245 e. The maximum Gasteiger partial charge on any atom is 0.245 e. The molecule has 1 N–H and O–H groups in total. The number of anilines is 1. The van der Waals surface area contributed by atoms with Crippen LogP contribution < -0.4 is 5.32 Å². The Balaban J connectivity index is 1.95. The van der Waals surface area contributed by atoms with Gasteiger partial charge in [0.25, 0.3) is 0 Å². The van der Waals surface area contributed by atoms with E-state index in [0.29, 0.717) is 24.9 Å². The third kappa shape index (κ3) is 2.35. The summed E-state index contributed by atoms with van der Waals surface area (Å²) in [5, 5.41) is 2.92. The van der Waals surface area contributed by atoms with Crippen molar-refractivity contribution in [2.24, 2.45) is 0 Å². The summed E-state index contributed by atoms with van der Waals surface area (Å²) in [6, 6.07) is 1.97. The number of ether oxygens (including phenoxy) is 1. The number of hydrogen-bond acceptors (Lipinski definition) is 4. The van der Waals surface area contributed by atoms with Crippen molar-refractivity contribution in [3.8, 4) is 0 Å². The molecule has 1 atom stereocenters. The molecule has 5 nitrogen and oxygen atoms in total. The Morgan fingerprint density at radius 1 is 1.53 bits per heavy atom. The summed E-state index contributed by atoms with van der Waals surface area (Å²) in [5.41, 5.74) is 2.31. The fourth-order valence-corrected chi connectivity index (χ4v) is 2.57. The first-order valence-electron chi connectivity index (χ1n) is 6.76. The molecule has 1 fully saturated rings. The third-order valence-corrected chi connectivity index (χ3v) is 3.81. The van der Waals surface area contributed by atoms with Gasteiger partial charge in [0.2, 0.25) is 5.91 Å². The first-order valence-corrected chi connectivity index (χ1v) is 6.76. The Morgan fingerprint density at radius 3 is 3.16 bits per heavy atom. The molecular formula is C14H19N3O2. The molecule has 19 heavy (non-hydrogen) atoms. The summed E-state index contributed by atoms with van der Waals surface area (Å²) in [6.45, 7) is 7.01. The van der Waals surface area contributed by atoms with Crippen LogP contribution in [0.2, 0.25) is 0 Å². The molecular weight excluding hydrogens is 242 g/mol. The van der Waals surface area contributed by atoms with Gasteiger partial charge in [-0.25, -0.2) is 4.98 Å². The van der Waals surface area contributed by atoms with E-state index in [1.807, 2.05) is 6.20 Å². The van der Waals surface area contributed by atoms with Gasteiger partial charge in [-0.3, -0.25) is 9.69 Å². The lowest BCUT2D eigenvalue weighted by atomic mass is 10.0. The minimum atomic E-state index is -0.189. The van der Waals surface area contributed by atoms with Crippen molar-refractivity contribution in [3.63, 3.8) is 0 Å². The predicted molar refractivity (Wildman–Crippen MR) is 72.0 cm³/mol. The van der Waals surface area contributed by atoms with Crippen LogP contribution >= 0.6 is 0 Å². The summed E-state index contributed by atoms with van der Waals surface area (Å²) in [7, 11) is 0. The molecule has 1 aromatic rings. The Hall–Kier alpha value is -1.46. The van der Waals surface area contributed by atoms with Gasteiger partial charge < -0.3 is 10.1 Å². The summed E-state index contributed by atoms with van der Waals surface area (Å²) < 4.78 is 5.40.